The van der Waals surface area contributed by atoms with Crippen LogP contribution in [-0.4, -0.2) is 0 Å². The third-order valence-electron chi connectivity index (χ3n) is 13.0. The number of fused-ring (bicyclic) bond motifs is 9. The highest BCUT2D eigenvalue weighted by Crippen LogP contribution is 2.52. The molecule has 0 N–H and O–H groups in total. The first-order chi connectivity index (χ1) is 27.2. The molecule has 56 heavy (non-hydrogen) atoms. The van der Waals surface area contributed by atoms with Gasteiger partial charge in [-0.05, 0) is 159 Å². The molecule has 0 saturated carbocycles. The van der Waals surface area contributed by atoms with E-state index < -0.39 is 0 Å². The SMILES string of the molecule is CC1(C)c2cc(-c3cc(-c4ccccc4)cc(-c4ccccc4)c3)ccc2-c2ccc(-c3ccc4ccc5cc6c(cc5c4c3)C(C)(C)c3ccccc3-6)cc21. The second-order valence-electron chi connectivity index (χ2n) is 17.0. The number of benzene rings is 9. The van der Waals surface area contributed by atoms with Crippen molar-refractivity contribution in [2.24, 2.45) is 0 Å². The van der Waals surface area contributed by atoms with Gasteiger partial charge in [-0.3, -0.25) is 0 Å². The van der Waals surface area contributed by atoms with E-state index >= 15 is 0 Å². The van der Waals surface area contributed by atoms with E-state index in [2.05, 4.69) is 210 Å². The van der Waals surface area contributed by atoms with Crippen molar-refractivity contribution in [3.63, 3.8) is 0 Å². The van der Waals surface area contributed by atoms with E-state index in [1.165, 1.54) is 111 Å². The van der Waals surface area contributed by atoms with Crippen LogP contribution < -0.4 is 0 Å². The average Bonchev–Trinajstić information content (AvgIpc) is 3.61. The summed E-state index contributed by atoms with van der Waals surface area (Å²) in [5.74, 6) is 0. The summed E-state index contributed by atoms with van der Waals surface area (Å²) in [6, 6.07) is 68.3. The van der Waals surface area contributed by atoms with Crippen LogP contribution in [0, 0.1) is 0 Å². The van der Waals surface area contributed by atoms with Crippen LogP contribution in [0.15, 0.2) is 182 Å². The average molecular weight is 715 g/mol. The highest BCUT2D eigenvalue weighted by molar-refractivity contribution is 6.11. The van der Waals surface area contributed by atoms with E-state index in [0.717, 1.165) is 0 Å². The quantitative estimate of drug-likeness (QED) is 0.159. The molecule has 0 unspecified atom stereocenters. The van der Waals surface area contributed by atoms with E-state index in [1.54, 1.807) is 0 Å². The standard InChI is InChI=1S/C56H42/c1-55(2)51-18-12-11-17-45(51)50-31-41-22-20-37-19-21-38(30-48(37)49(41)34-54(50)55)39-23-25-46-47-26-24-40(33-53(47)56(3,4)52(46)32-39)44-28-42(35-13-7-5-8-14-35)27-43(29-44)36-15-9-6-10-16-36/h5-34H,1-4H3. The first-order valence-electron chi connectivity index (χ1n) is 19.9. The Bertz CT molecular complexity index is 2990. The molecule has 0 spiro atoms. The van der Waals surface area contributed by atoms with Gasteiger partial charge in [0.25, 0.3) is 0 Å². The maximum atomic E-state index is 2.48. The molecule has 0 heteroatoms. The van der Waals surface area contributed by atoms with Gasteiger partial charge < -0.3 is 0 Å². The molecule has 0 atom stereocenters. The van der Waals surface area contributed by atoms with Gasteiger partial charge in [0, 0.05) is 10.8 Å². The fourth-order valence-electron chi connectivity index (χ4n) is 9.91. The van der Waals surface area contributed by atoms with Gasteiger partial charge in [-0.1, -0.05) is 161 Å². The molecule has 0 bridgehead atoms. The first kappa shape index (κ1) is 32.9. The lowest BCUT2D eigenvalue weighted by Crippen LogP contribution is -2.15. The molecule has 0 amide bonds. The number of hydrogen-bond donors (Lipinski definition) is 0. The second-order valence-corrected chi connectivity index (χ2v) is 17.0. The zero-order valence-electron chi connectivity index (χ0n) is 32.3. The van der Waals surface area contributed by atoms with Crippen molar-refractivity contribution in [1.29, 1.82) is 0 Å². The number of rotatable bonds is 4. The van der Waals surface area contributed by atoms with Crippen molar-refractivity contribution in [2.75, 3.05) is 0 Å². The maximum Gasteiger partial charge on any atom is 0.0159 e. The number of hydrogen-bond acceptors (Lipinski definition) is 0. The summed E-state index contributed by atoms with van der Waals surface area (Å²) in [5, 5.41) is 5.22. The topological polar surface area (TPSA) is 0 Å². The van der Waals surface area contributed by atoms with Crippen molar-refractivity contribution < 1.29 is 0 Å². The Morgan fingerprint density at radius 2 is 0.679 bits per heavy atom. The Balaban J connectivity index is 0.994. The first-order valence-corrected chi connectivity index (χ1v) is 19.9. The van der Waals surface area contributed by atoms with Gasteiger partial charge in [-0.2, -0.15) is 0 Å². The van der Waals surface area contributed by atoms with E-state index in [-0.39, 0.29) is 10.8 Å². The predicted octanol–water partition coefficient (Wildman–Crippen LogP) is 15.3. The van der Waals surface area contributed by atoms with Crippen molar-refractivity contribution in [2.45, 2.75) is 38.5 Å². The summed E-state index contributed by atoms with van der Waals surface area (Å²) in [6.07, 6.45) is 0. The minimum Gasteiger partial charge on any atom is -0.0622 e. The summed E-state index contributed by atoms with van der Waals surface area (Å²) in [5.41, 5.74) is 20.8. The van der Waals surface area contributed by atoms with Crippen LogP contribution in [0.3, 0.4) is 0 Å². The molecule has 9 aromatic rings. The van der Waals surface area contributed by atoms with Crippen molar-refractivity contribution >= 4 is 21.5 Å². The molecule has 11 rings (SSSR count). The Morgan fingerprint density at radius 1 is 0.250 bits per heavy atom. The maximum absolute atomic E-state index is 2.48. The largest absolute Gasteiger partial charge is 0.0622 e. The minimum absolute atomic E-state index is 0.0325. The van der Waals surface area contributed by atoms with Gasteiger partial charge >= 0.3 is 0 Å². The van der Waals surface area contributed by atoms with Crippen LogP contribution in [0.1, 0.15) is 49.9 Å². The van der Waals surface area contributed by atoms with E-state index in [1.807, 2.05) is 0 Å². The van der Waals surface area contributed by atoms with E-state index in [9.17, 15) is 0 Å². The summed E-state index contributed by atoms with van der Waals surface area (Å²) in [4.78, 5) is 0. The third-order valence-corrected chi connectivity index (χ3v) is 13.0. The molecule has 2 aliphatic carbocycles. The van der Waals surface area contributed by atoms with E-state index in [4.69, 9.17) is 0 Å². The highest BCUT2D eigenvalue weighted by atomic mass is 14.4. The molecule has 0 aromatic heterocycles. The van der Waals surface area contributed by atoms with Crippen molar-refractivity contribution in [3.8, 4) is 66.8 Å². The van der Waals surface area contributed by atoms with Gasteiger partial charge in [0.15, 0.2) is 0 Å². The van der Waals surface area contributed by atoms with Gasteiger partial charge in [-0.25, -0.2) is 0 Å². The molecule has 9 aromatic carbocycles. The third kappa shape index (κ3) is 4.92. The van der Waals surface area contributed by atoms with Crippen LogP contribution in [0.25, 0.3) is 88.3 Å². The van der Waals surface area contributed by atoms with Gasteiger partial charge in [0.1, 0.15) is 0 Å². The van der Waals surface area contributed by atoms with E-state index in [0.29, 0.717) is 0 Å². The molecule has 0 heterocycles. The molecular formula is C56H42. The van der Waals surface area contributed by atoms with Crippen molar-refractivity contribution in [1.82, 2.24) is 0 Å². The Kier molecular flexibility index (Phi) is 7.05. The predicted molar refractivity (Wildman–Crippen MR) is 238 cm³/mol. The molecule has 266 valence electrons. The molecule has 0 fully saturated rings. The lowest BCUT2D eigenvalue weighted by atomic mass is 9.80. The lowest BCUT2D eigenvalue weighted by molar-refractivity contribution is 0.661. The van der Waals surface area contributed by atoms with Crippen LogP contribution in [-0.2, 0) is 10.8 Å². The van der Waals surface area contributed by atoms with Gasteiger partial charge in [0.2, 0.25) is 0 Å². The summed E-state index contributed by atoms with van der Waals surface area (Å²) < 4.78 is 0. The molecule has 0 nitrogen and oxygen atoms in total. The van der Waals surface area contributed by atoms with Crippen LogP contribution in [0.4, 0.5) is 0 Å². The van der Waals surface area contributed by atoms with Crippen LogP contribution in [0.2, 0.25) is 0 Å². The molecule has 0 saturated heterocycles. The Hall–Kier alpha value is -6.50. The molecular weight excluding hydrogens is 673 g/mol. The highest BCUT2D eigenvalue weighted by Gasteiger charge is 2.37. The lowest BCUT2D eigenvalue weighted by Gasteiger charge is -2.23. The van der Waals surface area contributed by atoms with Gasteiger partial charge in [0.05, 0.1) is 0 Å². The Morgan fingerprint density at radius 3 is 1.32 bits per heavy atom. The zero-order valence-corrected chi connectivity index (χ0v) is 32.3. The normalized spacial score (nSPS) is 14.4. The Labute approximate surface area is 329 Å². The monoisotopic (exact) mass is 714 g/mol. The van der Waals surface area contributed by atoms with Gasteiger partial charge in [-0.15, -0.1) is 0 Å². The summed E-state index contributed by atoms with van der Waals surface area (Å²) in [6.45, 7) is 9.54. The zero-order chi connectivity index (χ0) is 37.8. The van der Waals surface area contributed by atoms with Crippen LogP contribution >= 0.6 is 0 Å². The second kappa shape index (κ2) is 12.0. The minimum atomic E-state index is -0.152. The summed E-state index contributed by atoms with van der Waals surface area (Å²) >= 11 is 0. The fourth-order valence-corrected chi connectivity index (χ4v) is 9.91. The fraction of sp³-hybridized carbons (Fsp3) is 0.107. The molecule has 0 radical (unpaired) electrons. The van der Waals surface area contributed by atoms with Crippen LogP contribution in [0.5, 0.6) is 0 Å². The molecule has 2 aliphatic rings. The smallest absolute Gasteiger partial charge is 0.0159 e. The summed E-state index contributed by atoms with van der Waals surface area (Å²) in [7, 11) is 0. The molecule has 0 aliphatic heterocycles. The van der Waals surface area contributed by atoms with Crippen molar-refractivity contribution in [3.05, 3.63) is 204 Å².